The van der Waals surface area contributed by atoms with Gasteiger partial charge in [-0.3, -0.25) is 9.59 Å². The molecule has 0 radical (unpaired) electrons. The molecule has 2 heterocycles. The average molecular weight is 677 g/mol. The van der Waals surface area contributed by atoms with Crippen LogP contribution in [0.3, 0.4) is 0 Å². The van der Waals surface area contributed by atoms with Crippen molar-refractivity contribution in [2.45, 2.75) is 39.3 Å². The lowest BCUT2D eigenvalue weighted by Crippen LogP contribution is -2.30. The highest BCUT2D eigenvalue weighted by Crippen LogP contribution is 2.28. The van der Waals surface area contributed by atoms with E-state index in [0.29, 0.717) is 34.0 Å². The molecule has 0 unspecified atom stereocenters. The monoisotopic (exact) mass is 674 g/mol. The number of ketones is 2. The molecule has 2 aromatic heterocycles. The van der Waals surface area contributed by atoms with E-state index in [2.05, 4.69) is 81.1 Å². The van der Waals surface area contributed by atoms with Crippen LogP contribution >= 0.6 is 31.9 Å². The molecular formula is C28H32Br2N2O4Si2. The van der Waals surface area contributed by atoms with Gasteiger partial charge in [0, 0.05) is 38.5 Å². The number of hydrogen-bond acceptors (Lipinski definition) is 4. The molecule has 2 N–H and O–H groups in total. The first-order valence-corrected chi connectivity index (χ1v) is 20.5. The van der Waals surface area contributed by atoms with E-state index < -0.39 is 16.6 Å². The molecule has 0 fully saturated rings. The Morgan fingerprint density at radius 1 is 0.632 bits per heavy atom. The number of carbonyl (C=O) groups excluding carboxylic acids is 2. The highest BCUT2D eigenvalue weighted by atomic mass is 79.9. The fraction of sp³-hybridized carbons (Fsp3) is 0.214. The van der Waals surface area contributed by atoms with Crippen molar-refractivity contribution in [1.82, 2.24) is 9.97 Å². The number of aromatic amines is 2. The Bertz CT molecular complexity index is 1340. The summed E-state index contributed by atoms with van der Waals surface area (Å²) in [6, 6.07) is 18.1. The maximum Gasteiger partial charge on any atom is 0.242 e. The summed E-state index contributed by atoms with van der Waals surface area (Å²) < 4.78 is 13.9. The van der Waals surface area contributed by atoms with E-state index in [1.54, 1.807) is 54.9 Å². The number of benzene rings is 2. The quantitative estimate of drug-likeness (QED) is 0.145. The second kappa shape index (κ2) is 12.5. The molecule has 0 aliphatic heterocycles. The number of hydrogen-bond donors (Lipinski definition) is 2. The minimum atomic E-state index is -1.77. The van der Waals surface area contributed by atoms with Crippen molar-refractivity contribution >= 4 is 60.1 Å². The molecule has 10 heteroatoms. The summed E-state index contributed by atoms with van der Waals surface area (Å²) in [5.74, 6) is 1.34. The van der Waals surface area contributed by atoms with Crippen LogP contribution in [0.1, 0.15) is 32.1 Å². The van der Waals surface area contributed by atoms with E-state index in [-0.39, 0.29) is 11.6 Å². The van der Waals surface area contributed by atoms with E-state index in [1.165, 1.54) is 0 Å². The number of rotatable bonds is 8. The molecule has 0 aliphatic carbocycles. The van der Waals surface area contributed by atoms with Gasteiger partial charge in [0.2, 0.25) is 28.2 Å². The van der Waals surface area contributed by atoms with Crippen LogP contribution in [0.4, 0.5) is 0 Å². The number of nitrogens with one attached hydrogen (secondary N) is 2. The Balaban J connectivity index is 0.000000230. The second-order valence-corrected chi connectivity index (χ2v) is 21.3. The first-order chi connectivity index (χ1) is 17.7. The number of aromatic nitrogens is 2. The number of H-pyrrole nitrogens is 2. The minimum Gasteiger partial charge on any atom is -0.544 e. The largest absolute Gasteiger partial charge is 0.544 e. The topological polar surface area (TPSA) is 84.2 Å². The summed E-state index contributed by atoms with van der Waals surface area (Å²) in [4.78, 5) is 30.4. The average Bonchev–Trinajstić information content (AvgIpc) is 3.50. The van der Waals surface area contributed by atoms with Crippen molar-refractivity contribution in [3.8, 4) is 11.5 Å². The van der Waals surface area contributed by atoms with Crippen LogP contribution in [-0.2, 0) is 0 Å². The highest BCUT2D eigenvalue weighted by Gasteiger charge is 2.22. The summed E-state index contributed by atoms with van der Waals surface area (Å²) in [6.45, 7) is 12.7. The van der Waals surface area contributed by atoms with Crippen molar-refractivity contribution < 1.29 is 18.4 Å². The van der Waals surface area contributed by atoms with E-state index in [9.17, 15) is 9.59 Å². The van der Waals surface area contributed by atoms with Crippen molar-refractivity contribution in [3.05, 3.63) is 105 Å². The Labute approximate surface area is 242 Å². The summed E-state index contributed by atoms with van der Waals surface area (Å²) >= 11 is 6.70. The summed E-state index contributed by atoms with van der Waals surface area (Å²) in [5.41, 5.74) is 2.39. The summed E-state index contributed by atoms with van der Waals surface area (Å²) in [7, 11) is -3.53. The van der Waals surface area contributed by atoms with Crippen molar-refractivity contribution in [3.63, 3.8) is 0 Å². The molecule has 0 amide bonds. The molecule has 0 saturated heterocycles. The highest BCUT2D eigenvalue weighted by molar-refractivity contribution is 9.11. The van der Waals surface area contributed by atoms with Crippen LogP contribution in [0.5, 0.6) is 11.5 Å². The molecule has 38 heavy (non-hydrogen) atoms. The van der Waals surface area contributed by atoms with Gasteiger partial charge >= 0.3 is 0 Å². The van der Waals surface area contributed by atoms with E-state index in [0.717, 1.165) is 8.95 Å². The summed E-state index contributed by atoms with van der Waals surface area (Å²) in [5, 5.41) is 0. The first-order valence-electron chi connectivity index (χ1n) is 12.1. The molecule has 0 bridgehead atoms. The third-order valence-corrected chi connectivity index (χ3v) is 7.41. The minimum absolute atomic E-state index is 0.0120. The van der Waals surface area contributed by atoms with Crippen molar-refractivity contribution in [2.24, 2.45) is 0 Å². The lowest BCUT2D eigenvalue weighted by atomic mass is 10.1. The van der Waals surface area contributed by atoms with Crippen LogP contribution in [0.25, 0.3) is 0 Å². The first kappa shape index (κ1) is 29.9. The zero-order valence-electron chi connectivity index (χ0n) is 22.3. The van der Waals surface area contributed by atoms with Crippen LogP contribution in [0.2, 0.25) is 39.3 Å². The third-order valence-electron chi connectivity index (χ3n) is 4.80. The maximum atomic E-state index is 12.6. The molecule has 0 atom stereocenters. The SMILES string of the molecule is C[Si](C)(C)Oc1cc(O[Si](C)(C)C)cc(C(=O)c2ccc[nH]2)c1.O=C(c1cc(Br)cc(Br)c1)c1ccc[nH]1. The van der Waals surface area contributed by atoms with Crippen LogP contribution in [-0.4, -0.2) is 38.2 Å². The molecule has 4 aromatic rings. The predicted molar refractivity (Wildman–Crippen MR) is 165 cm³/mol. The lowest BCUT2D eigenvalue weighted by molar-refractivity contribution is 0.102. The Morgan fingerprint density at radius 3 is 1.37 bits per heavy atom. The Kier molecular flexibility index (Phi) is 9.80. The standard InChI is InChI=1S/C17H25NO3Si2.C11H7Br2NO/c1-22(2,3)20-14-10-13(17(19)16-8-7-9-18-16)11-15(12-14)21-23(4,5)6;12-8-4-7(5-9(13)6-8)11(15)10-2-1-3-14-10/h7-12,18H,1-6H3;1-6,14H. The predicted octanol–water partition coefficient (Wildman–Crippen LogP) is 8.44. The smallest absolute Gasteiger partial charge is 0.242 e. The molecule has 6 nitrogen and oxygen atoms in total. The fourth-order valence-electron chi connectivity index (χ4n) is 3.47. The van der Waals surface area contributed by atoms with Crippen LogP contribution in [0.15, 0.2) is 82.0 Å². The van der Waals surface area contributed by atoms with Gasteiger partial charge in [0.25, 0.3) is 0 Å². The Hall–Kier alpha value is -2.67. The number of halogens is 2. The number of carbonyl (C=O) groups is 2. The Morgan fingerprint density at radius 2 is 1.03 bits per heavy atom. The molecular weight excluding hydrogens is 644 g/mol. The van der Waals surface area contributed by atoms with E-state index in [4.69, 9.17) is 8.85 Å². The van der Waals surface area contributed by atoms with Gasteiger partial charge in [0.05, 0.1) is 11.4 Å². The molecule has 2 aromatic carbocycles. The van der Waals surface area contributed by atoms with Gasteiger partial charge in [-0.05, 0) is 93.9 Å². The van der Waals surface area contributed by atoms with Crippen LogP contribution in [0, 0.1) is 0 Å². The zero-order valence-corrected chi connectivity index (χ0v) is 27.5. The molecule has 0 spiro atoms. The van der Waals surface area contributed by atoms with Gasteiger partial charge in [-0.15, -0.1) is 0 Å². The summed E-state index contributed by atoms with van der Waals surface area (Å²) in [6.07, 6.45) is 3.48. The maximum absolute atomic E-state index is 12.6. The lowest BCUT2D eigenvalue weighted by Gasteiger charge is -2.23. The van der Waals surface area contributed by atoms with Crippen molar-refractivity contribution in [1.29, 1.82) is 0 Å². The third kappa shape index (κ3) is 9.26. The molecule has 0 aliphatic rings. The van der Waals surface area contributed by atoms with E-state index in [1.807, 2.05) is 18.2 Å². The zero-order chi connectivity index (χ0) is 28.1. The second-order valence-electron chi connectivity index (χ2n) is 10.6. The van der Waals surface area contributed by atoms with Gasteiger partial charge in [-0.25, -0.2) is 0 Å². The molecule has 200 valence electrons. The van der Waals surface area contributed by atoms with Gasteiger partial charge in [0.1, 0.15) is 11.5 Å². The molecule has 4 rings (SSSR count). The van der Waals surface area contributed by atoms with Gasteiger partial charge in [-0.1, -0.05) is 31.9 Å². The van der Waals surface area contributed by atoms with Gasteiger partial charge in [0.15, 0.2) is 0 Å². The van der Waals surface area contributed by atoms with Gasteiger partial charge < -0.3 is 18.8 Å². The normalized spacial score (nSPS) is 11.4. The molecule has 0 saturated carbocycles. The van der Waals surface area contributed by atoms with Crippen LogP contribution < -0.4 is 8.85 Å². The van der Waals surface area contributed by atoms with Crippen molar-refractivity contribution in [2.75, 3.05) is 0 Å². The fourth-order valence-corrected chi connectivity index (χ4v) is 6.41. The van der Waals surface area contributed by atoms with Gasteiger partial charge in [-0.2, -0.15) is 0 Å². The van der Waals surface area contributed by atoms with E-state index >= 15 is 0 Å².